The second-order valence-electron chi connectivity index (χ2n) is 7.41. The van der Waals surface area contributed by atoms with Gasteiger partial charge < -0.3 is 24.5 Å². The first-order chi connectivity index (χ1) is 13.4. The SMILES string of the molecule is CN=C(NCc1cc(C(=O)OC)c(C)o1)NCC(CC(C)C)N1CCOCC1. The van der Waals surface area contributed by atoms with Crippen molar-refractivity contribution >= 4 is 11.9 Å². The number of methoxy groups -OCH3 is 1. The van der Waals surface area contributed by atoms with Gasteiger partial charge in [-0.1, -0.05) is 13.8 Å². The minimum Gasteiger partial charge on any atom is -0.465 e. The Morgan fingerprint density at radius 2 is 2.04 bits per heavy atom. The third-order valence-electron chi connectivity index (χ3n) is 4.84. The van der Waals surface area contributed by atoms with Crippen molar-refractivity contribution in [3.8, 4) is 0 Å². The number of morpholine rings is 1. The second-order valence-corrected chi connectivity index (χ2v) is 7.41. The minimum absolute atomic E-state index is 0.392. The maximum absolute atomic E-state index is 11.7. The lowest BCUT2D eigenvalue weighted by Gasteiger charge is -2.35. The summed E-state index contributed by atoms with van der Waals surface area (Å²) in [6.45, 7) is 11.0. The van der Waals surface area contributed by atoms with Gasteiger partial charge in [0.2, 0.25) is 0 Å². The van der Waals surface area contributed by atoms with Crippen molar-refractivity contribution in [3.63, 3.8) is 0 Å². The number of aryl methyl sites for hydroxylation is 1. The van der Waals surface area contributed by atoms with E-state index >= 15 is 0 Å². The molecular formula is C20H34N4O4. The van der Waals surface area contributed by atoms with E-state index in [-0.39, 0.29) is 0 Å². The van der Waals surface area contributed by atoms with E-state index in [2.05, 4.69) is 34.4 Å². The van der Waals surface area contributed by atoms with Gasteiger partial charge in [0.15, 0.2) is 5.96 Å². The monoisotopic (exact) mass is 394 g/mol. The van der Waals surface area contributed by atoms with Crippen molar-refractivity contribution in [3.05, 3.63) is 23.2 Å². The van der Waals surface area contributed by atoms with Gasteiger partial charge in [-0.25, -0.2) is 4.79 Å². The first-order valence-electron chi connectivity index (χ1n) is 9.88. The number of nitrogens with one attached hydrogen (secondary N) is 2. The number of guanidine groups is 1. The zero-order valence-electron chi connectivity index (χ0n) is 17.7. The normalized spacial score (nSPS) is 16.9. The van der Waals surface area contributed by atoms with Crippen molar-refractivity contribution in [2.75, 3.05) is 47.0 Å². The van der Waals surface area contributed by atoms with Crippen molar-refractivity contribution < 1.29 is 18.7 Å². The van der Waals surface area contributed by atoms with Crippen LogP contribution in [0.1, 0.15) is 42.1 Å². The zero-order chi connectivity index (χ0) is 20.5. The van der Waals surface area contributed by atoms with Gasteiger partial charge in [0.1, 0.15) is 17.1 Å². The summed E-state index contributed by atoms with van der Waals surface area (Å²) in [5.74, 6) is 2.14. The summed E-state index contributed by atoms with van der Waals surface area (Å²) in [4.78, 5) is 18.5. The summed E-state index contributed by atoms with van der Waals surface area (Å²) in [6, 6.07) is 2.13. The number of aliphatic imine (C=N–C) groups is 1. The number of carbonyl (C=O) groups excluding carboxylic acids is 1. The van der Waals surface area contributed by atoms with Gasteiger partial charge in [-0.3, -0.25) is 9.89 Å². The summed E-state index contributed by atoms with van der Waals surface area (Å²) >= 11 is 0. The molecular weight excluding hydrogens is 360 g/mol. The molecule has 0 aromatic carbocycles. The van der Waals surface area contributed by atoms with Crippen LogP contribution in [-0.4, -0.2) is 69.9 Å². The molecule has 0 amide bonds. The Morgan fingerprint density at radius 1 is 1.32 bits per heavy atom. The topological polar surface area (TPSA) is 88.3 Å². The lowest BCUT2D eigenvalue weighted by molar-refractivity contribution is 0.0132. The Labute approximate surface area is 167 Å². The molecule has 1 aliphatic heterocycles. The highest BCUT2D eigenvalue weighted by Crippen LogP contribution is 2.16. The van der Waals surface area contributed by atoms with Gasteiger partial charge in [0.05, 0.1) is 26.9 Å². The van der Waals surface area contributed by atoms with Crippen molar-refractivity contribution in [1.82, 2.24) is 15.5 Å². The molecule has 1 atom stereocenters. The molecule has 1 aromatic heterocycles. The molecule has 0 aliphatic carbocycles. The first-order valence-corrected chi connectivity index (χ1v) is 9.88. The highest BCUT2D eigenvalue weighted by molar-refractivity contribution is 5.90. The van der Waals surface area contributed by atoms with Crippen LogP contribution in [0.15, 0.2) is 15.5 Å². The molecule has 28 heavy (non-hydrogen) atoms. The van der Waals surface area contributed by atoms with E-state index in [0.717, 1.165) is 39.3 Å². The first kappa shape index (κ1) is 22.2. The van der Waals surface area contributed by atoms with Crippen LogP contribution in [0, 0.1) is 12.8 Å². The Hall–Kier alpha value is -2.06. The molecule has 0 saturated carbocycles. The van der Waals surface area contributed by atoms with Crippen molar-refractivity contribution in [2.24, 2.45) is 10.9 Å². The fourth-order valence-corrected chi connectivity index (χ4v) is 3.40. The smallest absolute Gasteiger partial charge is 0.341 e. The molecule has 1 unspecified atom stereocenters. The van der Waals surface area contributed by atoms with E-state index in [0.29, 0.717) is 41.5 Å². The maximum atomic E-state index is 11.7. The standard InChI is InChI=1S/C20H34N4O4/c1-14(2)10-16(24-6-8-27-9-7-24)12-22-20(21-4)23-13-17-11-18(15(3)28-17)19(25)26-5/h11,14,16H,6-10,12-13H2,1-5H3,(H2,21,22,23). The summed E-state index contributed by atoms with van der Waals surface area (Å²) in [5.41, 5.74) is 0.451. The van der Waals surface area contributed by atoms with Gasteiger partial charge >= 0.3 is 5.97 Å². The Kier molecular flexibility index (Phi) is 8.79. The molecule has 8 heteroatoms. The molecule has 1 saturated heterocycles. The van der Waals surface area contributed by atoms with Crippen LogP contribution in [0.3, 0.4) is 0 Å². The number of furan rings is 1. The lowest BCUT2D eigenvalue weighted by atomic mass is 10.0. The van der Waals surface area contributed by atoms with E-state index in [9.17, 15) is 4.79 Å². The van der Waals surface area contributed by atoms with Crippen molar-refractivity contribution in [2.45, 2.75) is 39.8 Å². The second kappa shape index (κ2) is 11.1. The van der Waals surface area contributed by atoms with Crippen LogP contribution in [0.25, 0.3) is 0 Å². The molecule has 0 radical (unpaired) electrons. The maximum Gasteiger partial charge on any atom is 0.341 e. The predicted octanol–water partition coefficient (Wildman–Crippen LogP) is 1.79. The molecule has 0 spiro atoms. The highest BCUT2D eigenvalue weighted by atomic mass is 16.5. The third-order valence-corrected chi connectivity index (χ3v) is 4.84. The molecule has 1 aliphatic rings. The predicted molar refractivity (Wildman–Crippen MR) is 109 cm³/mol. The molecule has 158 valence electrons. The molecule has 1 aromatic rings. The van der Waals surface area contributed by atoms with E-state index in [4.69, 9.17) is 13.9 Å². The van der Waals surface area contributed by atoms with Crippen LogP contribution in [0.2, 0.25) is 0 Å². The molecule has 1 fully saturated rings. The average molecular weight is 395 g/mol. The average Bonchev–Trinajstić information content (AvgIpc) is 3.07. The number of hydrogen-bond donors (Lipinski definition) is 2. The fraction of sp³-hybridized carbons (Fsp3) is 0.700. The van der Waals surface area contributed by atoms with E-state index in [1.807, 2.05) is 0 Å². The van der Waals surface area contributed by atoms with E-state index in [1.165, 1.54) is 7.11 Å². The Bertz CT molecular complexity index is 651. The number of nitrogens with zero attached hydrogens (tertiary/aromatic N) is 2. The number of rotatable bonds is 8. The zero-order valence-corrected chi connectivity index (χ0v) is 17.7. The fourth-order valence-electron chi connectivity index (χ4n) is 3.40. The molecule has 2 N–H and O–H groups in total. The molecule has 0 bridgehead atoms. The van der Waals surface area contributed by atoms with E-state index in [1.54, 1.807) is 20.0 Å². The minimum atomic E-state index is -0.392. The van der Waals surface area contributed by atoms with Crippen molar-refractivity contribution in [1.29, 1.82) is 0 Å². The van der Waals surface area contributed by atoms with Crippen LogP contribution < -0.4 is 10.6 Å². The summed E-state index contributed by atoms with van der Waals surface area (Å²) in [6.07, 6.45) is 1.11. The van der Waals surface area contributed by atoms with Crippen LogP contribution in [-0.2, 0) is 16.0 Å². The highest BCUT2D eigenvalue weighted by Gasteiger charge is 2.22. The number of hydrogen-bond acceptors (Lipinski definition) is 6. The Balaban J connectivity index is 1.89. The third kappa shape index (κ3) is 6.53. The van der Waals surface area contributed by atoms with Gasteiger partial charge in [0, 0.05) is 32.7 Å². The van der Waals surface area contributed by atoms with Gasteiger partial charge in [-0.15, -0.1) is 0 Å². The summed E-state index contributed by atoms with van der Waals surface area (Å²) in [7, 11) is 3.11. The Morgan fingerprint density at radius 3 is 2.64 bits per heavy atom. The molecule has 2 rings (SSSR count). The van der Waals surface area contributed by atoms with Gasteiger partial charge in [-0.2, -0.15) is 0 Å². The quantitative estimate of drug-likeness (QED) is 0.395. The van der Waals surface area contributed by atoms with E-state index < -0.39 is 5.97 Å². The largest absolute Gasteiger partial charge is 0.465 e. The number of ether oxygens (including phenoxy) is 2. The van der Waals surface area contributed by atoms with Gasteiger partial charge in [0.25, 0.3) is 0 Å². The van der Waals surface area contributed by atoms with Crippen LogP contribution >= 0.6 is 0 Å². The number of esters is 1. The summed E-state index contributed by atoms with van der Waals surface area (Å²) < 4.78 is 15.9. The molecule has 2 heterocycles. The van der Waals surface area contributed by atoms with Crippen LogP contribution in [0.5, 0.6) is 0 Å². The number of carbonyl (C=O) groups is 1. The summed E-state index contributed by atoms with van der Waals surface area (Å²) in [5, 5.41) is 6.67. The molecule has 8 nitrogen and oxygen atoms in total. The lowest BCUT2D eigenvalue weighted by Crippen LogP contribution is -2.50. The van der Waals surface area contributed by atoms with Gasteiger partial charge in [-0.05, 0) is 25.3 Å². The van der Waals surface area contributed by atoms with Crippen LogP contribution in [0.4, 0.5) is 0 Å².